The minimum atomic E-state index is -0.832. The Morgan fingerprint density at radius 2 is 2.00 bits per heavy atom. The number of alkyl carbamates (subject to hydrolysis) is 1. The Bertz CT molecular complexity index is 794. The van der Waals surface area contributed by atoms with Crippen LogP contribution in [-0.2, 0) is 19.1 Å². The van der Waals surface area contributed by atoms with Crippen molar-refractivity contribution in [3.8, 4) is 0 Å². The standard InChI is InChI=1S/C16H15Cl2N3O5/c1-9(2)15(23)25-5-6-26-16(24)19-13-8-14(22)21(20-13)12-7-10(17)3-4-11(12)18/h3-4,7H,1,5-6,8H2,2H3,(H,19,20,24). The van der Waals surface area contributed by atoms with Crippen LogP contribution in [0.3, 0.4) is 0 Å². The molecule has 2 amide bonds. The summed E-state index contributed by atoms with van der Waals surface area (Å²) in [6, 6.07) is 4.60. The van der Waals surface area contributed by atoms with Crippen molar-refractivity contribution in [3.63, 3.8) is 0 Å². The molecule has 0 saturated heterocycles. The molecule has 0 aromatic heterocycles. The first-order valence-electron chi connectivity index (χ1n) is 7.40. The van der Waals surface area contributed by atoms with Gasteiger partial charge in [0.05, 0.1) is 17.1 Å². The lowest BCUT2D eigenvalue weighted by Gasteiger charge is -2.13. The maximum Gasteiger partial charge on any atom is 0.412 e. The molecule has 8 nitrogen and oxygen atoms in total. The molecule has 2 rings (SSSR count). The second-order valence-corrected chi connectivity index (χ2v) is 6.05. The number of hydrogen-bond acceptors (Lipinski definition) is 6. The summed E-state index contributed by atoms with van der Waals surface area (Å²) in [5.41, 5.74) is 0.550. The van der Waals surface area contributed by atoms with Crippen molar-refractivity contribution in [1.82, 2.24) is 5.32 Å². The molecule has 1 N–H and O–H groups in total. The Labute approximate surface area is 159 Å². The van der Waals surface area contributed by atoms with Crippen molar-refractivity contribution >= 4 is 52.7 Å². The molecule has 1 heterocycles. The number of hydrogen-bond donors (Lipinski definition) is 1. The molecular weight excluding hydrogens is 385 g/mol. The largest absolute Gasteiger partial charge is 0.459 e. The number of carbonyl (C=O) groups excluding carboxylic acids is 3. The molecule has 0 saturated carbocycles. The first kappa shape index (κ1) is 19.7. The van der Waals surface area contributed by atoms with Gasteiger partial charge in [-0.3, -0.25) is 10.1 Å². The van der Waals surface area contributed by atoms with E-state index in [-0.39, 0.29) is 42.0 Å². The Hall–Kier alpha value is -2.58. The van der Waals surface area contributed by atoms with Gasteiger partial charge in [-0.2, -0.15) is 10.1 Å². The molecule has 0 unspecified atom stereocenters. The van der Waals surface area contributed by atoms with E-state index >= 15 is 0 Å². The van der Waals surface area contributed by atoms with Crippen molar-refractivity contribution in [2.24, 2.45) is 5.10 Å². The van der Waals surface area contributed by atoms with Crippen LogP contribution >= 0.6 is 23.2 Å². The average Bonchev–Trinajstić information content (AvgIpc) is 2.93. The van der Waals surface area contributed by atoms with Gasteiger partial charge in [-0.25, -0.2) is 9.59 Å². The van der Waals surface area contributed by atoms with Crippen LogP contribution in [-0.4, -0.2) is 37.0 Å². The summed E-state index contributed by atoms with van der Waals surface area (Å²) >= 11 is 11.9. The number of hydrazone groups is 1. The van der Waals surface area contributed by atoms with Crippen LogP contribution in [0.25, 0.3) is 0 Å². The molecule has 1 aliphatic heterocycles. The van der Waals surface area contributed by atoms with Gasteiger partial charge < -0.3 is 9.47 Å². The van der Waals surface area contributed by atoms with Gasteiger partial charge in [-0.1, -0.05) is 29.8 Å². The fourth-order valence-electron chi connectivity index (χ4n) is 1.88. The molecule has 26 heavy (non-hydrogen) atoms. The molecule has 1 aromatic rings. The van der Waals surface area contributed by atoms with Crippen LogP contribution in [0.4, 0.5) is 10.5 Å². The fraction of sp³-hybridized carbons (Fsp3) is 0.250. The smallest absolute Gasteiger partial charge is 0.412 e. The van der Waals surface area contributed by atoms with E-state index in [9.17, 15) is 14.4 Å². The Morgan fingerprint density at radius 1 is 1.31 bits per heavy atom. The average molecular weight is 400 g/mol. The predicted molar refractivity (Wildman–Crippen MR) is 96.3 cm³/mol. The zero-order chi connectivity index (χ0) is 19.3. The van der Waals surface area contributed by atoms with E-state index in [1.165, 1.54) is 19.1 Å². The van der Waals surface area contributed by atoms with Crippen LogP contribution in [0.15, 0.2) is 35.5 Å². The maximum absolute atomic E-state index is 12.1. The highest BCUT2D eigenvalue weighted by Crippen LogP contribution is 2.31. The van der Waals surface area contributed by atoms with Crippen molar-refractivity contribution in [3.05, 3.63) is 40.4 Å². The molecule has 138 valence electrons. The Kier molecular flexibility index (Phi) is 6.59. The lowest BCUT2D eigenvalue weighted by Crippen LogP contribution is -2.31. The van der Waals surface area contributed by atoms with Crippen molar-refractivity contribution in [2.45, 2.75) is 13.3 Å². The van der Waals surface area contributed by atoms with Crippen molar-refractivity contribution in [1.29, 1.82) is 0 Å². The molecule has 0 aliphatic carbocycles. The van der Waals surface area contributed by atoms with Crippen LogP contribution in [0.5, 0.6) is 0 Å². The van der Waals surface area contributed by atoms with Crippen molar-refractivity contribution < 1.29 is 23.9 Å². The van der Waals surface area contributed by atoms with Gasteiger partial charge in [0.2, 0.25) is 0 Å². The van der Waals surface area contributed by atoms with Gasteiger partial charge in [-0.15, -0.1) is 0 Å². The van der Waals surface area contributed by atoms with E-state index in [0.717, 1.165) is 5.01 Å². The first-order chi connectivity index (χ1) is 12.3. The van der Waals surface area contributed by atoms with E-state index < -0.39 is 12.1 Å². The first-order valence-corrected chi connectivity index (χ1v) is 8.15. The van der Waals surface area contributed by atoms with Crippen LogP contribution in [0, 0.1) is 0 Å². The maximum atomic E-state index is 12.1. The Morgan fingerprint density at radius 3 is 2.69 bits per heavy atom. The lowest BCUT2D eigenvalue weighted by atomic mass is 10.3. The second-order valence-electron chi connectivity index (χ2n) is 5.20. The van der Waals surface area contributed by atoms with Gasteiger partial charge in [0, 0.05) is 10.6 Å². The third kappa shape index (κ3) is 5.21. The normalized spacial score (nSPS) is 13.3. The van der Waals surface area contributed by atoms with E-state index in [1.807, 2.05) is 0 Å². The third-order valence-electron chi connectivity index (χ3n) is 3.06. The number of esters is 1. The van der Waals surface area contributed by atoms with Crippen LogP contribution in [0.2, 0.25) is 10.0 Å². The predicted octanol–water partition coefficient (Wildman–Crippen LogP) is 2.89. The Balaban J connectivity index is 1.89. The molecule has 0 radical (unpaired) electrons. The quantitative estimate of drug-likeness (QED) is 0.466. The summed E-state index contributed by atoms with van der Waals surface area (Å²) in [5, 5.41) is 8.08. The molecule has 1 aliphatic rings. The van der Waals surface area contributed by atoms with Gasteiger partial charge >= 0.3 is 12.1 Å². The summed E-state index contributed by atoms with van der Waals surface area (Å²) in [5.74, 6) is -0.872. The summed E-state index contributed by atoms with van der Waals surface area (Å²) in [6.45, 7) is 4.65. The molecule has 0 spiro atoms. The number of nitrogens with zero attached hydrogens (tertiary/aromatic N) is 2. The molecule has 1 aromatic carbocycles. The fourth-order valence-corrected chi connectivity index (χ4v) is 2.25. The van der Waals surface area contributed by atoms with Crippen LogP contribution in [0.1, 0.15) is 13.3 Å². The van der Waals surface area contributed by atoms with Gasteiger partial charge in [0.25, 0.3) is 5.91 Å². The number of benzene rings is 1. The highest BCUT2D eigenvalue weighted by Gasteiger charge is 2.28. The van der Waals surface area contributed by atoms with Gasteiger partial charge in [0.1, 0.15) is 19.0 Å². The number of ether oxygens (including phenoxy) is 2. The molecule has 0 fully saturated rings. The minimum Gasteiger partial charge on any atom is -0.459 e. The summed E-state index contributed by atoms with van der Waals surface area (Å²) < 4.78 is 9.62. The number of amidine groups is 1. The van der Waals surface area contributed by atoms with E-state index in [4.69, 9.17) is 32.7 Å². The number of halogens is 2. The highest BCUT2D eigenvalue weighted by molar-refractivity contribution is 6.36. The second kappa shape index (κ2) is 8.68. The van der Waals surface area contributed by atoms with Gasteiger partial charge in [0.15, 0.2) is 0 Å². The lowest BCUT2D eigenvalue weighted by molar-refractivity contribution is -0.139. The monoisotopic (exact) mass is 399 g/mol. The van der Waals surface area contributed by atoms with E-state index in [1.54, 1.807) is 6.07 Å². The topological polar surface area (TPSA) is 97.3 Å². The number of nitrogens with one attached hydrogen (secondary N) is 1. The zero-order valence-corrected chi connectivity index (χ0v) is 15.3. The number of carbonyl (C=O) groups is 3. The minimum absolute atomic E-state index is 0.0926. The van der Waals surface area contributed by atoms with E-state index in [0.29, 0.717) is 10.7 Å². The van der Waals surface area contributed by atoms with Crippen molar-refractivity contribution in [2.75, 3.05) is 18.2 Å². The zero-order valence-electron chi connectivity index (χ0n) is 13.8. The number of anilines is 1. The van der Waals surface area contributed by atoms with Gasteiger partial charge in [-0.05, 0) is 25.1 Å². The summed E-state index contributed by atoms with van der Waals surface area (Å²) in [6.07, 6.45) is -0.968. The summed E-state index contributed by atoms with van der Waals surface area (Å²) in [7, 11) is 0. The molecular formula is C16H15Cl2N3O5. The highest BCUT2D eigenvalue weighted by atomic mass is 35.5. The van der Waals surface area contributed by atoms with Crippen LogP contribution < -0.4 is 10.3 Å². The number of rotatable bonds is 5. The molecule has 0 atom stereocenters. The number of amides is 2. The third-order valence-corrected chi connectivity index (χ3v) is 3.61. The SMILES string of the molecule is C=C(C)C(=O)OCCOC(=O)NC1=NN(c2cc(Cl)ccc2Cl)C(=O)C1. The molecule has 0 bridgehead atoms. The summed E-state index contributed by atoms with van der Waals surface area (Å²) in [4.78, 5) is 34.9. The molecule has 10 heteroatoms. The van der Waals surface area contributed by atoms with E-state index in [2.05, 4.69) is 17.0 Å².